The van der Waals surface area contributed by atoms with Crippen LogP contribution in [0.2, 0.25) is 0 Å². The molecule has 1 aromatic rings. The summed E-state index contributed by atoms with van der Waals surface area (Å²) in [6.45, 7) is 2.22. The number of rotatable bonds is 4. The largest absolute Gasteiger partial charge is 0.416 e. The van der Waals surface area contributed by atoms with Crippen LogP contribution in [0.5, 0.6) is 0 Å². The maximum Gasteiger partial charge on any atom is 0.416 e. The Bertz CT molecular complexity index is 541. The minimum Gasteiger partial charge on any atom is -0.207 e. The fourth-order valence-corrected chi connectivity index (χ4v) is 4.41. The van der Waals surface area contributed by atoms with Gasteiger partial charge in [-0.05, 0) is 60.6 Å². The summed E-state index contributed by atoms with van der Waals surface area (Å²) in [6.07, 6.45) is 3.93. The van der Waals surface area contributed by atoms with Gasteiger partial charge in [0.15, 0.2) is 0 Å². The third kappa shape index (κ3) is 3.72. The van der Waals surface area contributed by atoms with Gasteiger partial charge in [0.1, 0.15) is 5.82 Å². The van der Waals surface area contributed by atoms with Crippen LogP contribution in [0.25, 0.3) is 0 Å². The Morgan fingerprint density at radius 3 is 2.35 bits per heavy atom. The standard InChI is InChI=1S/C19H24F4/c1-2-3-12-4-6-13(7-5-12)16-11-17(16)15-9-8-14(10-18(15)20)19(21,22)23/h8-10,12-13,16-17H,2-7,11H2,1H3. The zero-order valence-electron chi connectivity index (χ0n) is 13.5. The van der Waals surface area contributed by atoms with Crippen molar-refractivity contribution in [2.75, 3.05) is 0 Å². The van der Waals surface area contributed by atoms with Crippen LogP contribution < -0.4 is 0 Å². The summed E-state index contributed by atoms with van der Waals surface area (Å²) in [4.78, 5) is 0. The molecule has 23 heavy (non-hydrogen) atoms. The second kappa shape index (κ2) is 6.45. The van der Waals surface area contributed by atoms with Crippen molar-refractivity contribution in [2.45, 2.75) is 64.0 Å². The van der Waals surface area contributed by atoms with Gasteiger partial charge in [0.25, 0.3) is 0 Å². The van der Waals surface area contributed by atoms with Gasteiger partial charge in [0.05, 0.1) is 5.56 Å². The molecule has 0 N–H and O–H groups in total. The van der Waals surface area contributed by atoms with E-state index in [4.69, 9.17) is 0 Å². The Balaban J connectivity index is 1.61. The van der Waals surface area contributed by atoms with Crippen molar-refractivity contribution in [3.63, 3.8) is 0 Å². The lowest BCUT2D eigenvalue weighted by atomic mass is 9.77. The minimum absolute atomic E-state index is 0.130. The molecule has 0 aromatic heterocycles. The first kappa shape index (κ1) is 16.8. The second-order valence-electron chi connectivity index (χ2n) is 7.31. The van der Waals surface area contributed by atoms with Gasteiger partial charge in [-0.1, -0.05) is 38.7 Å². The third-order valence-electron chi connectivity index (χ3n) is 5.76. The van der Waals surface area contributed by atoms with E-state index < -0.39 is 17.6 Å². The number of alkyl halides is 3. The molecular weight excluding hydrogens is 304 g/mol. The van der Waals surface area contributed by atoms with Crippen LogP contribution in [-0.2, 0) is 6.18 Å². The summed E-state index contributed by atoms with van der Waals surface area (Å²) in [5.41, 5.74) is -0.408. The topological polar surface area (TPSA) is 0 Å². The van der Waals surface area contributed by atoms with Crippen molar-refractivity contribution in [1.82, 2.24) is 0 Å². The fourth-order valence-electron chi connectivity index (χ4n) is 4.41. The average Bonchev–Trinajstić information content (AvgIpc) is 3.27. The molecule has 2 aliphatic rings. The van der Waals surface area contributed by atoms with Crippen molar-refractivity contribution in [2.24, 2.45) is 17.8 Å². The van der Waals surface area contributed by atoms with Crippen molar-refractivity contribution in [1.29, 1.82) is 0 Å². The van der Waals surface area contributed by atoms with Crippen LogP contribution in [0.3, 0.4) is 0 Å². The molecule has 0 aliphatic heterocycles. The van der Waals surface area contributed by atoms with E-state index in [0.717, 1.165) is 18.4 Å². The molecule has 0 bridgehead atoms. The SMILES string of the molecule is CCCC1CCC(C2CC2c2ccc(C(F)(F)F)cc2F)CC1. The van der Waals surface area contributed by atoms with Crippen molar-refractivity contribution < 1.29 is 17.6 Å². The molecule has 2 unspecified atom stereocenters. The number of hydrogen-bond donors (Lipinski definition) is 0. The molecule has 128 valence electrons. The lowest BCUT2D eigenvalue weighted by Crippen LogP contribution is -2.16. The maximum absolute atomic E-state index is 14.1. The molecule has 0 nitrogen and oxygen atoms in total. The molecule has 2 fully saturated rings. The smallest absolute Gasteiger partial charge is 0.207 e. The van der Waals surface area contributed by atoms with Gasteiger partial charge in [-0.3, -0.25) is 0 Å². The summed E-state index contributed by atoms with van der Waals surface area (Å²) < 4.78 is 51.9. The van der Waals surface area contributed by atoms with Gasteiger partial charge in [-0.25, -0.2) is 4.39 Å². The van der Waals surface area contributed by atoms with Gasteiger partial charge < -0.3 is 0 Å². The molecule has 0 radical (unpaired) electrons. The fraction of sp³-hybridized carbons (Fsp3) is 0.684. The zero-order valence-corrected chi connectivity index (χ0v) is 13.5. The van der Waals surface area contributed by atoms with Crippen LogP contribution in [-0.4, -0.2) is 0 Å². The number of benzene rings is 1. The second-order valence-corrected chi connectivity index (χ2v) is 7.31. The van der Waals surface area contributed by atoms with Crippen molar-refractivity contribution >= 4 is 0 Å². The summed E-state index contributed by atoms with van der Waals surface area (Å²) in [6, 6.07) is 3.03. The highest BCUT2D eigenvalue weighted by Gasteiger charge is 2.45. The predicted octanol–water partition coefficient (Wildman–Crippen LogP) is 6.55. The van der Waals surface area contributed by atoms with Crippen LogP contribution >= 0.6 is 0 Å². The van der Waals surface area contributed by atoms with E-state index in [1.807, 2.05) is 0 Å². The van der Waals surface area contributed by atoms with E-state index in [-0.39, 0.29) is 5.92 Å². The Labute approximate surface area is 135 Å². The van der Waals surface area contributed by atoms with Gasteiger partial charge in [0.2, 0.25) is 0 Å². The normalized spacial score (nSPS) is 31.2. The monoisotopic (exact) mass is 328 g/mol. The first-order valence-electron chi connectivity index (χ1n) is 8.76. The molecule has 1 aromatic carbocycles. The van der Waals surface area contributed by atoms with E-state index in [1.54, 1.807) is 0 Å². The van der Waals surface area contributed by atoms with Gasteiger partial charge >= 0.3 is 6.18 Å². The molecule has 0 spiro atoms. The molecule has 0 saturated heterocycles. The number of hydrogen-bond acceptors (Lipinski definition) is 0. The highest BCUT2D eigenvalue weighted by atomic mass is 19.4. The van der Waals surface area contributed by atoms with E-state index in [9.17, 15) is 17.6 Å². The molecule has 3 rings (SSSR count). The van der Waals surface area contributed by atoms with Gasteiger partial charge in [-0.2, -0.15) is 13.2 Å². The third-order valence-corrected chi connectivity index (χ3v) is 5.76. The predicted molar refractivity (Wildman–Crippen MR) is 82.6 cm³/mol. The molecular formula is C19H24F4. The lowest BCUT2D eigenvalue weighted by molar-refractivity contribution is -0.137. The summed E-state index contributed by atoms with van der Waals surface area (Å²) in [5.74, 6) is 1.40. The van der Waals surface area contributed by atoms with E-state index in [2.05, 4.69) is 6.92 Å². The van der Waals surface area contributed by atoms with Gasteiger partial charge in [0, 0.05) is 0 Å². The molecule has 0 heterocycles. The Morgan fingerprint density at radius 1 is 1.09 bits per heavy atom. The minimum atomic E-state index is -4.47. The Hall–Kier alpha value is -1.06. The van der Waals surface area contributed by atoms with Crippen LogP contribution in [0.1, 0.15) is 68.9 Å². The highest BCUT2D eigenvalue weighted by Crippen LogP contribution is 2.56. The van der Waals surface area contributed by atoms with Crippen LogP contribution in [0, 0.1) is 23.6 Å². The van der Waals surface area contributed by atoms with Crippen molar-refractivity contribution in [3.05, 3.63) is 35.1 Å². The van der Waals surface area contributed by atoms with E-state index >= 15 is 0 Å². The van der Waals surface area contributed by atoms with E-state index in [1.165, 1.54) is 44.6 Å². The lowest BCUT2D eigenvalue weighted by Gasteiger charge is -2.28. The van der Waals surface area contributed by atoms with Crippen molar-refractivity contribution in [3.8, 4) is 0 Å². The summed E-state index contributed by atoms with van der Waals surface area (Å²) >= 11 is 0. The molecule has 2 atom stereocenters. The first-order chi connectivity index (χ1) is 10.9. The molecule has 2 saturated carbocycles. The van der Waals surface area contributed by atoms with Crippen LogP contribution in [0.4, 0.5) is 17.6 Å². The first-order valence-corrected chi connectivity index (χ1v) is 8.76. The maximum atomic E-state index is 14.1. The molecule has 4 heteroatoms. The van der Waals surface area contributed by atoms with Crippen LogP contribution in [0.15, 0.2) is 18.2 Å². The Morgan fingerprint density at radius 2 is 1.78 bits per heavy atom. The molecule has 0 amide bonds. The Kier molecular flexibility index (Phi) is 4.70. The van der Waals surface area contributed by atoms with E-state index in [0.29, 0.717) is 23.5 Å². The highest BCUT2D eigenvalue weighted by molar-refractivity contribution is 5.32. The van der Waals surface area contributed by atoms with Gasteiger partial charge in [-0.15, -0.1) is 0 Å². The average molecular weight is 328 g/mol. The summed E-state index contributed by atoms with van der Waals surface area (Å²) in [7, 11) is 0. The molecule has 2 aliphatic carbocycles. The number of halogens is 4. The quantitative estimate of drug-likeness (QED) is 0.549. The summed E-state index contributed by atoms with van der Waals surface area (Å²) in [5, 5.41) is 0. The zero-order chi connectivity index (χ0) is 16.6.